The molecule has 4 heteroatoms. The van der Waals surface area contributed by atoms with E-state index in [1.807, 2.05) is 0 Å². The lowest BCUT2D eigenvalue weighted by Crippen LogP contribution is -2.44. The lowest BCUT2D eigenvalue weighted by atomic mass is 10.0. The standard InChI is InChI=1S/C14H30O2Si2/c1-17(2,3)15-13-11-9-7-8-10-12-14(13)16-18(4,5)6/h7-8,13-14H,9-12H2,1-6H3/b8-7-. The van der Waals surface area contributed by atoms with Crippen LogP contribution < -0.4 is 0 Å². The summed E-state index contributed by atoms with van der Waals surface area (Å²) in [5, 5.41) is 0. The van der Waals surface area contributed by atoms with Gasteiger partial charge in [0.2, 0.25) is 0 Å². The van der Waals surface area contributed by atoms with Gasteiger partial charge >= 0.3 is 0 Å². The van der Waals surface area contributed by atoms with Gasteiger partial charge in [0, 0.05) is 0 Å². The van der Waals surface area contributed by atoms with Crippen LogP contribution in [0.15, 0.2) is 12.2 Å². The van der Waals surface area contributed by atoms with E-state index in [0.29, 0.717) is 12.2 Å². The third-order valence-corrected chi connectivity index (χ3v) is 4.85. The smallest absolute Gasteiger partial charge is 0.184 e. The van der Waals surface area contributed by atoms with Crippen molar-refractivity contribution in [3.05, 3.63) is 12.2 Å². The van der Waals surface area contributed by atoms with Crippen molar-refractivity contribution in [2.24, 2.45) is 0 Å². The zero-order chi connectivity index (χ0) is 13.8. The normalized spacial score (nSPS) is 28.6. The van der Waals surface area contributed by atoms with E-state index in [0.717, 1.165) is 25.7 Å². The molecule has 0 aromatic heterocycles. The third kappa shape index (κ3) is 6.87. The highest BCUT2D eigenvalue weighted by Crippen LogP contribution is 2.25. The molecule has 0 aromatic rings. The molecule has 2 atom stereocenters. The summed E-state index contributed by atoms with van der Waals surface area (Å²) in [7, 11) is -2.98. The Balaban J connectivity index is 2.73. The van der Waals surface area contributed by atoms with Gasteiger partial charge in [0.15, 0.2) is 16.6 Å². The first-order valence-corrected chi connectivity index (χ1v) is 14.0. The van der Waals surface area contributed by atoms with E-state index in [9.17, 15) is 0 Å². The molecule has 0 amide bonds. The molecule has 0 saturated heterocycles. The molecule has 2 nitrogen and oxygen atoms in total. The molecule has 0 saturated carbocycles. The van der Waals surface area contributed by atoms with Crippen LogP contribution in [0, 0.1) is 0 Å². The van der Waals surface area contributed by atoms with Gasteiger partial charge in [-0.05, 0) is 65.0 Å². The molecule has 0 spiro atoms. The van der Waals surface area contributed by atoms with Crippen molar-refractivity contribution in [2.45, 2.75) is 77.2 Å². The van der Waals surface area contributed by atoms with Crippen molar-refractivity contribution in [1.82, 2.24) is 0 Å². The number of rotatable bonds is 4. The zero-order valence-electron chi connectivity index (χ0n) is 13.0. The highest BCUT2D eigenvalue weighted by molar-refractivity contribution is 6.70. The summed E-state index contributed by atoms with van der Waals surface area (Å²) in [6, 6.07) is 0. The molecule has 0 aliphatic heterocycles. The van der Waals surface area contributed by atoms with Crippen LogP contribution in [0.25, 0.3) is 0 Å². The first kappa shape index (κ1) is 16.1. The molecule has 2 unspecified atom stereocenters. The van der Waals surface area contributed by atoms with Crippen molar-refractivity contribution in [2.75, 3.05) is 0 Å². The van der Waals surface area contributed by atoms with Crippen LogP contribution >= 0.6 is 0 Å². The summed E-state index contributed by atoms with van der Waals surface area (Å²) in [5.41, 5.74) is 0. The van der Waals surface area contributed by atoms with Gasteiger partial charge in [0.25, 0.3) is 0 Å². The Labute approximate surface area is 115 Å². The van der Waals surface area contributed by atoms with E-state index in [-0.39, 0.29) is 0 Å². The first-order valence-electron chi connectivity index (χ1n) is 7.18. The summed E-state index contributed by atoms with van der Waals surface area (Å²) in [4.78, 5) is 0. The van der Waals surface area contributed by atoms with Gasteiger partial charge in [0.1, 0.15) is 0 Å². The van der Waals surface area contributed by atoms with E-state index >= 15 is 0 Å². The predicted molar refractivity (Wildman–Crippen MR) is 84.0 cm³/mol. The highest BCUT2D eigenvalue weighted by Gasteiger charge is 2.31. The second-order valence-electron chi connectivity index (χ2n) is 7.16. The van der Waals surface area contributed by atoms with Gasteiger partial charge in [-0.3, -0.25) is 0 Å². The Bertz CT molecular complexity index is 248. The second-order valence-corrected chi connectivity index (χ2v) is 16.1. The molecule has 0 fully saturated rings. The molecule has 1 aliphatic carbocycles. The monoisotopic (exact) mass is 286 g/mol. The first-order chi connectivity index (χ1) is 8.17. The summed E-state index contributed by atoms with van der Waals surface area (Å²) < 4.78 is 12.7. The minimum Gasteiger partial charge on any atom is -0.412 e. The van der Waals surface area contributed by atoms with Crippen LogP contribution in [0.4, 0.5) is 0 Å². The van der Waals surface area contributed by atoms with Gasteiger partial charge < -0.3 is 8.85 Å². The summed E-state index contributed by atoms with van der Waals surface area (Å²) >= 11 is 0. The molecular weight excluding hydrogens is 256 g/mol. The Hall–Kier alpha value is 0.0938. The molecule has 0 heterocycles. The van der Waals surface area contributed by atoms with Crippen molar-refractivity contribution in [3.8, 4) is 0 Å². The minimum absolute atomic E-state index is 0.299. The molecule has 106 valence electrons. The Morgan fingerprint density at radius 1 is 0.722 bits per heavy atom. The fourth-order valence-corrected chi connectivity index (χ4v) is 4.66. The Morgan fingerprint density at radius 3 is 1.33 bits per heavy atom. The van der Waals surface area contributed by atoms with Gasteiger partial charge in [-0.2, -0.15) is 0 Å². The fraction of sp³-hybridized carbons (Fsp3) is 0.857. The van der Waals surface area contributed by atoms with Gasteiger partial charge in [-0.25, -0.2) is 0 Å². The van der Waals surface area contributed by atoms with Gasteiger partial charge in [-0.1, -0.05) is 12.2 Å². The average molecular weight is 287 g/mol. The summed E-state index contributed by atoms with van der Waals surface area (Å²) in [5.74, 6) is 0. The second kappa shape index (κ2) is 6.50. The summed E-state index contributed by atoms with van der Waals surface area (Å²) in [6.45, 7) is 13.6. The topological polar surface area (TPSA) is 18.5 Å². The molecule has 1 rings (SSSR count). The lowest BCUT2D eigenvalue weighted by molar-refractivity contribution is 0.0333. The van der Waals surface area contributed by atoms with Crippen LogP contribution in [-0.4, -0.2) is 28.8 Å². The lowest BCUT2D eigenvalue weighted by Gasteiger charge is -2.36. The molecule has 0 aromatic carbocycles. The fourth-order valence-electron chi connectivity index (χ4n) is 2.31. The van der Waals surface area contributed by atoms with Crippen molar-refractivity contribution < 1.29 is 8.85 Å². The molecule has 0 bridgehead atoms. The minimum atomic E-state index is -1.49. The highest BCUT2D eigenvalue weighted by atomic mass is 28.4. The largest absolute Gasteiger partial charge is 0.412 e. The SMILES string of the molecule is C[Si](C)(C)OC1CC/C=C\CCC1O[Si](C)(C)C. The number of allylic oxidation sites excluding steroid dienone is 2. The van der Waals surface area contributed by atoms with Gasteiger partial charge in [-0.15, -0.1) is 0 Å². The van der Waals surface area contributed by atoms with E-state index in [4.69, 9.17) is 8.85 Å². The van der Waals surface area contributed by atoms with E-state index in [1.54, 1.807) is 0 Å². The maximum Gasteiger partial charge on any atom is 0.184 e. The zero-order valence-corrected chi connectivity index (χ0v) is 15.0. The van der Waals surface area contributed by atoms with Crippen molar-refractivity contribution >= 4 is 16.6 Å². The molecule has 18 heavy (non-hydrogen) atoms. The van der Waals surface area contributed by atoms with Crippen LogP contribution in [0.2, 0.25) is 39.3 Å². The van der Waals surface area contributed by atoms with Gasteiger partial charge in [0.05, 0.1) is 12.2 Å². The molecular formula is C14H30O2Si2. The van der Waals surface area contributed by atoms with Crippen LogP contribution in [0.3, 0.4) is 0 Å². The van der Waals surface area contributed by atoms with Crippen molar-refractivity contribution in [1.29, 1.82) is 0 Å². The number of hydrogen-bond acceptors (Lipinski definition) is 2. The van der Waals surface area contributed by atoms with Crippen LogP contribution in [-0.2, 0) is 8.85 Å². The quantitative estimate of drug-likeness (QED) is 0.557. The van der Waals surface area contributed by atoms with Crippen LogP contribution in [0.1, 0.15) is 25.7 Å². The van der Waals surface area contributed by atoms with E-state index in [2.05, 4.69) is 51.4 Å². The van der Waals surface area contributed by atoms with Crippen LogP contribution in [0.5, 0.6) is 0 Å². The molecule has 1 aliphatic rings. The maximum atomic E-state index is 6.37. The molecule has 0 radical (unpaired) electrons. The van der Waals surface area contributed by atoms with E-state index < -0.39 is 16.6 Å². The predicted octanol–water partition coefficient (Wildman–Crippen LogP) is 4.56. The maximum absolute atomic E-state index is 6.37. The van der Waals surface area contributed by atoms with E-state index in [1.165, 1.54) is 0 Å². The summed E-state index contributed by atoms with van der Waals surface area (Å²) in [6.07, 6.45) is 9.66. The van der Waals surface area contributed by atoms with Crippen molar-refractivity contribution in [3.63, 3.8) is 0 Å². The Morgan fingerprint density at radius 2 is 1.06 bits per heavy atom. The Kier molecular flexibility index (Phi) is 5.83. The average Bonchev–Trinajstić information content (AvgIpc) is 2.12. The number of hydrogen-bond donors (Lipinski definition) is 0. The molecule has 0 N–H and O–H groups in total. The third-order valence-electron chi connectivity index (χ3n) is 2.83.